The van der Waals surface area contributed by atoms with Crippen LogP contribution in [0.1, 0.15) is 40.5 Å². The van der Waals surface area contributed by atoms with E-state index < -0.39 is 12.1 Å². The zero-order chi connectivity index (χ0) is 12.9. The van der Waals surface area contributed by atoms with Crippen molar-refractivity contribution in [1.29, 1.82) is 0 Å². The molecule has 2 unspecified atom stereocenters. The van der Waals surface area contributed by atoms with E-state index in [0.29, 0.717) is 24.0 Å². The first-order chi connectivity index (χ1) is 8.61. The van der Waals surface area contributed by atoms with Gasteiger partial charge in [0.1, 0.15) is 0 Å². The lowest BCUT2D eigenvalue weighted by Gasteiger charge is -2.33. The second kappa shape index (κ2) is 3.77. The normalized spacial score (nSPS) is 25.9. The van der Waals surface area contributed by atoms with Crippen LogP contribution in [0.2, 0.25) is 0 Å². The fourth-order valence-electron chi connectivity index (χ4n) is 2.95. The van der Waals surface area contributed by atoms with E-state index in [1.54, 1.807) is 24.3 Å². The fourth-order valence-corrected chi connectivity index (χ4v) is 2.95. The quantitative estimate of drug-likeness (QED) is 0.750. The third-order valence-electron chi connectivity index (χ3n) is 3.81. The molecule has 0 saturated carbocycles. The van der Waals surface area contributed by atoms with Crippen molar-refractivity contribution >= 4 is 17.5 Å². The average Bonchev–Trinajstić information content (AvgIpc) is 2.81. The summed E-state index contributed by atoms with van der Waals surface area (Å²) < 4.78 is 0. The summed E-state index contributed by atoms with van der Waals surface area (Å²) in [6, 6.07) is 5.97. The highest BCUT2D eigenvalue weighted by atomic mass is 16.2. The Kier molecular flexibility index (Phi) is 2.33. The van der Waals surface area contributed by atoms with Gasteiger partial charge in [0.2, 0.25) is 0 Å². The van der Waals surface area contributed by atoms with E-state index in [1.165, 1.54) is 11.8 Å². The average molecular weight is 243 g/mol. The summed E-state index contributed by atoms with van der Waals surface area (Å²) in [4.78, 5) is 37.7. The van der Waals surface area contributed by atoms with Crippen LogP contribution in [0.3, 0.4) is 0 Å². The van der Waals surface area contributed by atoms with Gasteiger partial charge in [-0.2, -0.15) is 0 Å². The van der Waals surface area contributed by atoms with E-state index in [0.717, 1.165) is 0 Å². The van der Waals surface area contributed by atoms with Crippen LogP contribution in [-0.2, 0) is 4.79 Å². The van der Waals surface area contributed by atoms with Gasteiger partial charge in [0, 0.05) is 5.56 Å². The van der Waals surface area contributed by atoms with Crippen molar-refractivity contribution in [3.63, 3.8) is 0 Å². The Morgan fingerprint density at radius 1 is 1.17 bits per heavy atom. The van der Waals surface area contributed by atoms with Gasteiger partial charge in [0.25, 0.3) is 5.91 Å². The van der Waals surface area contributed by atoms with Crippen molar-refractivity contribution in [2.24, 2.45) is 0 Å². The first-order valence-electron chi connectivity index (χ1n) is 6.07. The van der Waals surface area contributed by atoms with E-state index in [-0.39, 0.29) is 17.5 Å². The van der Waals surface area contributed by atoms with Gasteiger partial charge in [-0.15, -0.1) is 0 Å². The lowest BCUT2D eigenvalue weighted by Crippen LogP contribution is -2.51. The SMILES string of the molecule is CC(=O)C1CCC2C(=O)c3ccccc3C(=O)N12. The molecule has 0 radical (unpaired) electrons. The van der Waals surface area contributed by atoms with E-state index >= 15 is 0 Å². The molecule has 1 aromatic carbocycles. The minimum Gasteiger partial charge on any atom is -0.318 e. The van der Waals surface area contributed by atoms with Crippen LogP contribution in [0.4, 0.5) is 0 Å². The maximum absolute atomic E-state index is 12.4. The lowest BCUT2D eigenvalue weighted by molar-refractivity contribution is -0.120. The van der Waals surface area contributed by atoms with Crippen LogP contribution in [0.5, 0.6) is 0 Å². The molecular formula is C14H13NO3. The zero-order valence-corrected chi connectivity index (χ0v) is 10.1. The number of fused-ring (bicyclic) bond motifs is 2. The van der Waals surface area contributed by atoms with E-state index in [9.17, 15) is 14.4 Å². The molecule has 92 valence electrons. The minimum absolute atomic E-state index is 0.0334. The van der Waals surface area contributed by atoms with Gasteiger partial charge >= 0.3 is 0 Å². The monoisotopic (exact) mass is 243 g/mol. The molecule has 0 spiro atoms. The van der Waals surface area contributed by atoms with Crippen molar-refractivity contribution in [3.8, 4) is 0 Å². The highest BCUT2D eigenvalue weighted by molar-refractivity contribution is 6.16. The fraction of sp³-hybridized carbons (Fsp3) is 0.357. The molecule has 4 heteroatoms. The third-order valence-corrected chi connectivity index (χ3v) is 3.81. The number of Topliss-reactive ketones (excluding diaryl/α,β-unsaturated/α-hetero) is 2. The van der Waals surface area contributed by atoms with Crippen molar-refractivity contribution < 1.29 is 14.4 Å². The highest BCUT2D eigenvalue weighted by Crippen LogP contribution is 2.34. The lowest BCUT2D eigenvalue weighted by atomic mass is 9.92. The Morgan fingerprint density at radius 3 is 2.50 bits per heavy atom. The number of nitrogens with zero attached hydrogens (tertiary/aromatic N) is 1. The van der Waals surface area contributed by atoms with Crippen molar-refractivity contribution in [3.05, 3.63) is 35.4 Å². The Hall–Kier alpha value is -1.97. The largest absolute Gasteiger partial charge is 0.318 e. The molecule has 0 N–H and O–H groups in total. The maximum atomic E-state index is 12.4. The van der Waals surface area contributed by atoms with E-state index in [1.807, 2.05) is 0 Å². The van der Waals surface area contributed by atoms with Crippen LogP contribution in [0, 0.1) is 0 Å². The van der Waals surface area contributed by atoms with Gasteiger partial charge in [-0.05, 0) is 25.8 Å². The molecule has 1 aromatic rings. The summed E-state index contributed by atoms with van der Waals surface area (Å²) in [7, 11) is 0. The molecule has 3 rings (SSSR count). The number of amides is 1. The van der Waals surface area contributed by atoms with Crippen molar-refractivity contribution in [2.75, 3.05) is 0 Å². The maximum Gasteiger partial charge on any atom is 0.255 e. The van der Waals surface area contributed by atoms with Gasteiger partial charge in [0.05, 0.1) is 17.6 Å². The first kappa shape index (κ1) is 11.1. The molecule has 1 saturated heterocycles. The molecule has 0 bridgehead atoms. The van der Waals surface area contributed by atoms with Crippen LogP contribution < -0.4 is 0 Å². The number of benzene rings is 1. The summed E-state index contributed by atoms with van der Waals surface area (Å²) in [6.07, 6.45) is 1.18. The van der Waals surface area contributed by atoms with Crippen molar-refractivity contribution in [2.45, 2.75) is 31.8 Å². The Morgan fingerprint density at radius 2 is 1.83 bits per heavy atom. The van der Waals surface area contributed by atoms with Crippen LogP contribution in [0.15, 0.2) is 24.3 Å². The summed E-state index contributed by atoms with van der Waals surface area (Å²) in [6.45, 7) is 1.48. The molecule has 2 heterocycles. The second-order valence-corrected chi connectivity index (χ2v) is 4.84. The summed E-state index contributed by atoms with van der Waals surface area (Å²) >= 11 is 0. The molecule has 2 aliphatic heterocycles. The molecule has 2 atom stereocenters. The van der Waals surface area contributed by atoms with Crippen molar-refractivity contribution in [1.82, 2.24) is 4.90 Å². The second-order valence-electron chi connectivity index (χ2n) is 4.84. The van der Waals surface area contributed by atoms with Gasteiger partial charge in [-0.3, -0.25) is 14.4 Å². The number of ketones is 2. The number of hydrogen-bond acceptors (Lipinski definition) is 3. The van der Waals surface area contributed by atoms with Crippen LogP contribution >= 0.6 is 0 Å². The topological polar surface area (TPSA) is 54.5 Å². The number of carbonyl (C=O) groups is 3. The molecule has 1 amide bonds. The molecular weight excluding hydrogens is 230 g/mol. The number of carbonyl (C=O) groups excluding carboxylic acids is 3. The Balaban J connectivity index is 2.12. The molecule has 18 heavy (non-hydrogen) atoms. The van der Waals surface area contributed by atoms with Gasteiger partial charge in [0.15, 0.2) is 11.6 Å². The van der Waals surface area contributed by atoms with E-state index in [4.69, 9.17) is 0 Å². The molecule has 0 aromatic heterocycles. The molecule has 1 fully saturated rings. The smallest absolute Gasteiger partial charge is 0.255 e. The summed E-state index contributed by atoms with van der Waals surface area (Å²) in [5.74, 6) is -0.264. The number of hydrogen-bond donors (Lipinski definition) is 0. The summed E-state index contributed by atoms with van der Waals surface area (Å²) in [5.41, 5.74) is 0.917. The third kappa shape index (κ3) is 1.35. The summed E-state index contributed by atoms with van der Waals surface area (Å²) in [5, 5.41) is 0. The molecule has 0 aliphatic carbocycles. The van der Waals surface area contributed by atoms with Gasteiger partial charge in [-0.1, -0.05) is 18.2 Å². The molecule has 4 nitrogen and oxygen atoms in total. The van der Waals surface area contributed by atoms with E-state index in [2.05, 4.69) is 0 Å². The van der Waals surface area contributed by atoms with Crippen LogP contribution in [-0.4, -0.2) is 34.5 Å². The zero-order valence-electron chi connectivity index (χ0n) is 10.1. The molecule has 2 aliphatic rings. The first-order valence-corrected chi connectivity index (χ1v) is 6.07. The Labute approximate surface area is 105 Å². The standard InChI is InChI=1S/C14H13NO3/c1-8(16)11-6-7-12-13(17)9-4-2-3-5-10(9)14(18)15(11)12/h2-5,11-12H,6-7H2,1H3. The number of rotatable bonds is 1. The predicted molar refractivity (Wildman–Crippen MR) is 64.4 cm³/mol. The Bertz CT molecular complexity index is 564. The van der Waals surface area contributed by atoms with Gasteiger partial charge in [-0.25, -0.2) is 0 Å². The minimum atomic E-state index is -0.443. The van der Waals surface area contributed by atoms with Gasteiger partial charge < -0.3 is 4.90 Å². The predicted octanol–water partition coefficient (Wildman–Crippen LogP) is 1.45. The highest BCUT2D eigenvalue weighted by Gasteiger charge is 2.47. The van der Waals surface area contributed by atoms with Crippen LogP contribution in [0.25, 0.3) is 0 Å².